The molecule has 0 aromatic heterocycles. The number of phenols is 1. The van der Waals surface area contributed by atoms with Gasteiger partial charge in [0.05, 0.1) is 12.1 Å². The van der Waals surface area contributed by atoms with Crippen LogP contribution in [0, 0.1) is 5.92 Å². The van der Waals surface area contributed by atoms with E-state index in [1.54, 1.807) is 0 Å². The Morgan fingerprint density at radius 3 is 2.03 bits per heavy atom. The maximum absolute atomic E-state index is 13.1. The number of aromatic hydroxyl groups is 1. The largest absolute Gasteiger partial charge is 0.508 e. The van der Waals surface area contributed by atoms with Crippen LogP contribution >= 0.6 is 0 Å². The number of carboxylic acid groups (broad SMARTS) is 1. The van der Waals surface area contributed by atoms with E-state index in [0.717, 1.165) is 0 Å². The molecule has 0 saturated heterocycles. The Bertz CT molecular complexity index is 995. The van der Waals surface area contributed by atoms with Gasteiger partial charge >= 0.3 is 5.97 Å². The van der Waals surface area contributed by atoms with Crippen LogP contribution in [0.5, 0.6) is 5.75 Å². The number of aliphatic carboxylic acids is 1. The second-order valence-corrected chi connectivity index (χ2v) is 9.74. The predicted octanol–water partition coefficient (Wildman–Crippen LogP) is -1.72. The van der Waals surface area contributed by atoms with Crippen molar-refractivity contribution in [1.29, 1.82) is 0 Å². The SMILES string of the molecule is CC(C)CC(NC(=O)C(N)CCCN=C(N)N)C(=O)NC(C(=O)NC(Cc1ccc(O)cc1)C(=O)O)C(C)O. The van der Waals surface area contributed by atoms with Gasteiger partial charge in [-0.3, -0.25) is 19.4 Å². The van der Waals surface area contributed by atoms with Crippen LogP contribution in [0.15, 0.2) is 29.3 Å². The van der Waals surface area contributed by atoms with Gasteiger partial charge < -0.3 is 48.5 Å². The number of hydrogen-bond acceptors (Lipinski definition) is 8. The smallest absolute Gasteiger partial charge is 0.326 e. The summed E-state index contributed by atoms with van der Waals surface area (Å²) in [5.41, 5.74) is 17.0. The number of aliphatic imine (C=N–C) groups is 1. The Balaban J connectivity index is 2.91. The van der Waals surface area contributed by atoms with Gasteiger partial charge in [0.2, 0.25) is 17.7 Å². The number of carboxylic acids is 1. The average Bonchev–Trinajstić information content (AvgIpc) is 2.84. The molecule has 5 atom stereocenters. The number of aliphatic hydroxyl groups excluding tert-OH is 1. The summed E-state index contributed by atoms with van der Waals surface area (Å²) < 4.78 is 0. The van der Waals surface area contributed by atoms with E-state index in [9.17, 15) is 34.5 Å². The first-order valence-electron chi connectivity index (χ1n) is 12.6. The molecule has 14 heteroatoms. The van der Waals surface area contributed by atoms with Gasteiger partial charge in [0.1, 0.15) is 23.9 Å². The zero-order valence-corrected chi connectivity index (χ0v) is 22.5. The summed E-state index contributed by atoms with van der Waals surface area (Å²) in [6, 6.07) is 0.910. The highest BCUT2D eigenvalue weighted by Gasteiger charge is 2.33. The van der Waals surface area contributed by atoms with E-state index < -0.39 is 54.0 Å². The summed E-state index contributed by atoms with van der Waals surface area (Å²) in [6.45, 7) is 5.22. The molecule has 5 unspecified atom stereocenters. The normalized spacial score (nSPS) is 14.8. The van der Waals surface area contributed by atoms with E-state index >= 15 is 0 Å². The number of phenolic OH excluding ortho intramolecular Hbond substituents is 1. The lowest BCUT2D eigenvalue weighted by Crippen LogP contribution is -2.60. The van der Waals surface area contributed by atoms with Crippen LogP contribution in [0.25, 0.3) is 0 Å². The van der Waals surface area contributed by atoms with Gasteiger partial charge in [-0.1, -0.05) is 26.0 Å². The van der Waals surface area contributed by atoms with Crippen LogP contribution < -0.4 is 33.2 Å². The number of nitrogens with two attached hydrogens (primary N) is 3. The number of aliphatic hydroxyl groups is 1. The minimum atomic E-state index is -1.50. The molecule has 3 amide bonds. The van der Waals surface area contributed by atoms with Gasteiger partial charge in [0.15, 0.2) is 5.96 Å². The number of carbonyl (C=O) groups is 4. The van der Waals surface area contributed by atoms with Crippen LogP contribution in [-0.2, 0) is 25.6 Å². The van der Waals surface area contributed by atoms with Crippen molar-refractivity contribution in [3.05, 3.63) is 29.8 Å². The van der Waals surface area contributed by atoms with Crippen molar-refractivity contribution in [2.45, 2.75) is 76.7 Å². The molecule has 0 fully saturated rings. The molecule has 0 spiro atoms. The molecule has 1 rings (SSSR count). The van der Waals surface area contributed by atoms with Crippen molar-refractivity contribution < 1.29 is 34.5 Å². The van der Waals surface area contributed by atoms with Crippen molar-refractivity contribution in [2.24, 2.45) is 28.1 Å². The lowest BCUT2D eigenvalue weighted by molar-refractivity contribution is -0.143. The van der Waals surface area contributed by atoms with Crippen LogP contribution in [-0.4, -0.2) is 81.8 Å². The molecule has 0 heterocycles. The fourth-order valence-electron chi connectivity index (χ4n) is 3.62. The lowest BCUT2D eigenvalue weighted by atomic mass is 10.0. The molecule has 0 bridgehead atoms. The van der Waals surface area contributed by atoms with E-state index in [0.29, 0.717) is 12.0 Å². The van der Waals surface area contributed by atoms with Crippen molar-refractivity contribution in [3.8, 4) is 5.75 Å². The van der Waals surface area contributed by atoms with Crippen LogP contribution in [0.3, 0.4) is 0 Å². The van der Waals surface area contributed by atoms with Crippen LogP contribution in [0.2, 0.25) is 0 Å². The Kier molecular flexibility index (Phi) is 13.7. The summed E-state index contributed by atoms with van der Waals surface area (Å²) in [5, 5.41) is 36.6. The highest BCUT2D eigenvalue weighted by atomic mass is 16.4. The summed E-state index contributed by atoms with van der Waals surface area (Å²) in [7, 11) is 0. The molecule has 1 aromatic carbocycles. The molecule has 1 aromatic rings. The first-order chi connectivity index (χ1) is 18.2. The summed E-state index contributed by atoms with van der Waals surface area (Å²) in [5.74, 6) is -3.68. The number of guanidine groups is 1. The minimum Gasteiger partial charge on any atom is -0.508 e. The fraction of sp³-hybridized carbons (Fsp3) is 0.560. The molecular formula is C25H41N7O7. The quantitative estimate of drug-likeness (QED) is 0.0638. The van der Waals surface area contributed by atoms with Gasteiger partial charge in [0.25, 0.3) is 0 Å². The van der Waals surface area contributed by atoms with Gasteiger partial charge in [-0.05, 0) is 49.8 Å². The van der Waals surface area contributed by atoms with Crippen molar-refractivity contribution in [3.63, 3.8) is 0 Å². The third-order valence-electron chi connectivity index (χ3n) is 5.70. The topological polar surface area (TPSA) is 255 Å². The van der Waals surface area contributed by atoms with Crippen molar-refractivity contribution in [1.82, 2.24) is 16.0 Å². The average molecular weight is 552 g/mol. The maximum Gasteiger partial charge on any atom is 0.326 e. The van der Waals surface area contributed by atoms with Crippen molar-refractivity contribution >= 4 is 29.7 Å². The van der Waals surface area contributed by atoms with Crippen LogP contribution in [0.1, 0.15) is 45.6 Å². The maximum atomic E-state index is 13.1. The third-order valence-corrected chi connectivity index (χ3v) is 5.70. The second-order valence-electron chi connectivity index (χ2n) is 9.74. The molecule has 218 valence electrons. The lowest BCUT2D eigenvalue weighted by Gasteiger charge is -2.27. The first kappa shape index (κ1) is 33.1. The first-order valence-corrected chi connectivity index (χ1v) is 12.6. The van der Waals surface area contributed by atoms with E-state index in [-0.39, 0.29) is 43.4 Å². The molecular weight excluding hydrogens is 510 g/mol. The summed E-state index contributed by atoms with van der Waals surface area (Å²) in [6.07, 6.45) is -0.577. The zero-order valence-electron chi connectivity index (χ0n) is 22.5. The minimum absolute atomic E-state index is 0.00137. The number of nitrogens with zero attached hydrogens (tertiary/aromatic N) is 1. The Labute approximate surface area is 227 Å². The molecule has 0 aliphatic heterocycles. The summed E-state index contributed by atoms with van der Waals surface area (Å²) >= 11 is 0. The monoisotopic (exact) mass is 551 g/mol. The van der Waals surface area contributed by atoms with E-state index in [4.69, 9.17) is 17.2 Å². The Morgan fingerprint density at radius 2 is 1.51 bits per heavy atom. The fourth-order valence-corrected chi connectivity index (χ4v) is 3.62. The van der Waals surface area contributed by atoms with Gasteiger partial charge in [0, 0.05) is 13.0 Å². The molecule has 0 saturated carbocycles. The van der Waals surface area contributed by atoms with Crippen LogP contribution in [0.4, 0.5) is 0 Å². The number of carbonyl (C=O) groups excluding carboxylic acids is 3. The molecule has 0 aliphatic rings. The highest BCUT2D eigenvalue weighted by Crippen LogP contribution is 2.12. The Hall–Kier alpha value is -3.91. The van der Waals surface area contributed by atoms with E-state index in [2.05, 4.69) is 20.9 Å². The van der Waals surface area contributed by atoms with Gasteiger partial charge in [-0.2, -0.15) is 0 Å². The van der Waals surface area contributed by atoms with Crippen molar-refractivity contribution in [2.75, 3.05) is 6.54 Å². The number of hydrogen-bond donors (Lipinski definition) is 9. The standard InChI is InChI=1S/C25H41N7O7/c1-13(2)11-18(30-21(35)17(26)5-4-10-29-25(27)28)22(36)32-20(14(3)33)23(37)31-19(24(38)39)12-15-6-8-16(34)9-7-15/h6-9,13-14,17-20,33-34H,4-5,10-12,26H2,1-3H3,(H,30,35)(H,31,37)(H,32,36)(H,38,39)(H4,27,28,29). The summed E-state index contributed by atoms with van der Waals surface area (Å²) in [4.78, 5) is 54.2. The molecule has 0 radical (unpaired) electrons. The highest BCUT2D eigenvalue weighted by molar-refractivity contribution is 5.94. The number of nitrogens with one attached hydrogen (secondary N) is 3. The molecule has 14 nitrogen and oxygen atoms in total. The molecule has 12 N–H and O–H groups in total. The Morgan fingerprint density at radius 1 is 0.923 bits per heavy atom. The number of amides is 3. The van der Waals surface area contributed by atoms with Gasteiger partial charge in [-0.15, -0.1) is 0 Å². The zero-order chi connectivity index (χ0) is 29.7. The van der Waals surface area contributed by atoms with E-state index in [1.807, 2.05) is 13.8 Å². The second kappa shape index (κ2) is 16.1. The third kappa shape index (κ3) is 12.5. The molecule has 39 heavy (non-hydrogen) atoms. The number of benzene rings is 1. The van der Waals surface area contributed by atoms with Gasteiger partial charge in [-0.25, -0.2) is 4.79 Å². The molecule has 0 aliphatic carbocycles. The van der Waals surface area contributed by atoms with E-state index in [1.165, 1.54) is 31.2 Å². The number of rotatable bonds is 16. The predicted molar refractivity (Wildman–Crippen MR) is 144 cm³/mol.